The molecule has 0 spiro atoms. The number of likely N-dealkylation sites (tertiary alicyclic amines) is 1. The van der Waals surface area contributed by atoms with E-state index in [1.165, 1.54) is 11.8 Å². The van der Waals surface area contributed by atoms with E-state index in [0.29, 0.717) is 11.9 Å². The van der Waals surface area contributed by atoms with Gasteiger partial charge in [-0.05, 0) is 6.42 Å². The number of nitrogens with one attached hydrogen (secondary N) is 1. The molecule has 7 heteroatoms. The van der Waals surface area contributed by atoms with Gasteiger partial charge in [0.2, 0.25) is 5.91 Å². The van der Waals surface area contributed by atoms with Crippen LogP contribution in [0.5, 0.6) is 0 Å². The molecule has 1 fully saturated rings. The highest BCUT2D eigenvalue weighted by Crippen LogP contribution is 2.24. The van der Waals surface area contributed by atoms with Crippen LogP contribution in [0, 0.1) is 0 Å². The molecular formula is C13H17N5OS. The number of thiazole rings is 1. The zero-order chi connectivity index (χ0) is 13.9. The summed E-state index contributed by atoms with van der Waals surface area (Å²) in [7, 11) is 0. The summed E-state index contributed by atoms with van der Waals surface area (Å²) >= 11 is 1.70. The molecule has 3 heterocycles. The van der Waals surface area contributed by atoms with Gasteiger partial charge in [-0.2, -0.15) is 5.10 Å². The van der Waals surface area contributed by atoms with Crippen LogP contribution in [0.4, 0.5) is 5.82 Å². The van der Waals surface area contributed by atoms with Crippen molar-refractivity contribution in [2.75, 3.05) is 18.4 Å². The molecule has 1 atom stereocenters. The third-order valence-electron chi connectivity index (χ3n) is 3.40. The Labute approximate surface area is 121 Å². The van der Waals surface area contributed by atoms with Crippen LogP contribution in [0.15, 0.2) is 24.0 Å². The maximum absolute atomic E-state index is 11.0. The number of hydrogen-bond acceptors (Lipinski definition) is 5. The number of nitrogens with zero attached hydrogens (tertiary/aromatic N) is 4. The molecule has 0 bridgehead atoms. The van der Waals surface area contributed by atoms with Crippen molar-refractivity contribution in [3.8, 4) is 0 Å². The predicted molar refractivity (Wildman–Crippen MR) is 77.6 cm³/mol. The first-order valence-corrected chi connectivity index (χ1v) is 7.51. The van der Waals surface area contributed by atoms with Crippen LogP contribution in [0.25, 0.3) is 0 Å². The van der Waals surface area contributed by atoms with Crippen LogP contribution < -0.4 is 5.32 Å². The highest BCUT2D eigenvalue weighted by atomic mass is 32.1. The highest BCUT2D eigenvalue weighted by Gasteiger charge is 2.24. The molecule has 20 heavy (non-hydrogen) atoms. The van der Waals surface area contributed by atoms with Gasteiger partial charge in [0.15, 0.2) is 5.82 Å². The molecule has 0 aromatic carbocycles. The van der Waals surface area contributed by atoms with E-state index in [1.807, 2.05) is 28.7 Å². The maximum atomic E-state index is 11.0. The Morgan fingerprint density at radius 1 is 1.60 bits per heavy atom. The van der Waals surface area contributed by atoms with Crippen LogP contribution in [0.1, 0.15) is 24.3 Å². The minimum atomic E-state index is -0.0894. The largest absolute Gasteiger partial charge is 0.309 e. The molecule has 3 rings (SSSR count). The molecule has 0 radical (unpaired) electrons. The zero-order valence-electron chi connectivity index (χ0n) is 11.3. The summed E-state index contributed by atoms with van der Waals surface area (Å²) in [4.78, 5) is 18.8. The SMILES string of the molecule is CC(=O)Nc1ccn(C2CCN(Cc3cncs3)C2)n1. The summed E-state index contributed by atoms with van der Waals surface area (Å²) in [5, 5.41) is 7.12. The Balaban J connectivity index is 1.59. The lowest BCUT2D eigenvalue weighted by molar-refractivity contribution is -0.114. The number of carbonyl (C=O) groups is 1. The summed E-state index contributed by atoms with van der Waals surface area (Å²) in [6.45, 7) is 4.50. The molecule has 1 aliphatic rings. The topological polar surface area (TPSA) is 63.1 Å². The van der Waals surface area contributed by atoms with Crippen LogP contribution in [-0.2, 0) is 11.3 Å². The molecule has 1 aliphatic heterocycles. The number of rotatable bonds is 4. The van der Waals surface area contributed by atoms with E-state index in [0.717, 1.165) is 26.1 Å². The van der Waals surface area contributed by atoms with Gasteiger partial charge in [-0.3, -0.25) is 19.4 Å². The minimum Gasteiger partial charge on any atom is -0.309 e. The Morgan fingerprint density at radius 3 is 3.25 bits per heavy atom. The van der Waals surface area contributed by atoms with Gasteiger partial charge in [0.05, 0.1) is 11.6 Å². The lowest BCUT2D eigenvalue weighted by atomic mass is 10.3. The summed E-state index contributed by atoms with van der Waals surface area (Å²) in [6.07, 6.45) is 4.95. The summed E-state index contributed by atoms with van der Waals surface area (Å²) in [6, 6.07) is 2.22. The fraction of sp³-hybridized carbons (Fsp3) is 0.462. The smallest absolute Gasteiger partial charge is 0.222 e. The molecule has 6 nitrogen and oxygen atoms in total. The summed E-state index contributed by atoms with van der Waals surface area (Å²) in [5.41, 5.74) is 1.87. The van der Waals surface area contributed by atoms with Gasteiger partial charge in [0.25, 0.3) is 0 Å². The second-order valence-corrected chi connectivity index (χ2v) is 5.98. The van der Waals surface area contributed by atoms with Crippen molar-refractivity contribution in [1.82, 2.24) is 19.7 Å². The fourth-order valence-electron chi connectivity index (χ4n) is 2.50. The first-order valence-electron chi connectivity index (χ1n) is 6.63. The van der Waals surface area contributed by atoms with Crippen LogP contribution >= 0.6 is 11.3 Å². The molecular weight excluding hydrogens is 274 g/mol. The van der Waals surface area contributed by atoms with Crippen molar-refractivity contribution in [2.45, 2.75) is 25.9 Å². The maximum Gasteiger partial charge on any atom is 0.222 e. The average Bonchev–Trinajstić information content (AvgIpc) is 3.09. The van der Waals surface area contributed by atoms with Gasteiger partial charge in [0.1, 0.15) is 0 Å². The van der Waals surface area contributed by atoms with E-state index in [-0.39, 0.29) is 5.91 Å². The van der Waals surface area contributed by atoms with E-state index >= 15 is 0 Å². The molecule has 1 unspecified atom stereocenters. The summed E-state index contributed by atoms with van der Waals surface area (Å²) in [5.74, 6) is 0.534. The Bertz CT molecular complexity index is 579. The van der Waals surface area contributed by atoms with Crippen LogP contribution in [-0.4, -0.2) is 38.7 Å². The van der Waals surface area contributed by atoms with Crippen LogP contribution in [0.2, 0.25) is 0 Å². The van der Waals surface area contributed by atoms with Crippen molar-refractivity contribution >= 4 is 23.1 Å². The second-order valence-electron chi connectivity index (χ2n) is 5.01. The standard InChI is InChI=1S/C13H17N5OS/c1-10(19)15-13-3-5-18(16-13)11-2-4-17(7-11)8-12-6-14-9-20-12/h3,5-6,9,11H,2,4,7-8H2,1H3,(H,15,16,19). The van der Waals surface area contributed by atoms with Gasteiger partial charge in [-0.15, -0.1) is 11.3 Å². The molecule has 0 saturated carbocycles. The van der Waals surface area contributed by atoms with Crippen molar-refractivity contribution in [1.29, 1.82) is 0 Å². The predicted octanol–water partition coefficient (Wildman–Crippen LogP) is 1.75. The second kappa shape index (κ2) is 5.72. The van der Waals surface area contributed by atoms with Gasteiger partial charge >= 0.3 is 0 Å². The first-order chi connectivity index (χ1) is 9.70. The zero-order valence-corrected chi connectivity index (χ0v) is 12.1. The quantitative estimate of drug-likeness (QED) is 0.932. The highest BCUT2D eigenvalue weighted by molar-refractivity contribution is 7.09. The lowest BCUT2D eigenvalue weighted by Crippen LogP contribution is -2.21. The molecule has 0 aliphatic carbocycles. The van der Waals surface area contributed by atoms with Crippen molar-refractivity contribution in [3.05, 3.63) is 28.8 Å². The van der Waals surface area contributed by atoms with Crippen molar-refractivity contribution in [2.24, 2.45) is 0 Å². The molecule has 1 N–H and O–H groups in total. The van der Waals surface area contributed by atoms with Gasteiger partial charge in [-0.1, -0.05) is 0 Å². The molecule has 2 aromatic heterocycles. The van der Waals surface area contributed by atoms with E-state index in [1.54, 1.807) is 11.3 Å². The number of amides is 1. The summed E-state index contributed by atoms with van der Waals surface area (Å²) < 4.78 is 1.96. The van der Waals surface area contributed by atoms with Crippen molar-refractivity contribution in [3.63, 3.8) is 0 Å². The van der Waals surface area contributed by atoms with Gasteiger partial charge < -0.3 is 5.32 Å². The molecule has 1 amide bonds. The first kappa shape index (κ1) is 13.3. The van der Waals surface area contributed by atoms with E-state index < -0.39 is 0 Å². The normalized spacial score (nSPS) is 19.4. The van der Waals surface area contributed by atoms with E-state index in [2.05, 4.69) is 20.3 Å². The monoisotopic (exact) mass is 291 g/mol. The number of hydrogen-bond donors (Lipinski definition) is 1. The van der Waals surface area contributed by atoms with E-state index in [4.69, 9.17) is 0 Å². The van der Waals surface area contributed by atoms with E-state index in [9.17, 15) is 4.79 Å². The molecule has 1 saturated heterocycles. The van der Waals surface area contributed by atoms with Crippen molar-refractivity contribution < 1.29 is 4.79 Å². The Hall–Kier alpha value is -1.73. The van der Waals surface area contributed by atoms with Gasteiger partial charge in [0, 0.05) is 49.9 Å². The van der Waals surface area contributed by atoms with Crippen LogP contribution in [0.3, 0.4) is 0 Å². The lowest BCUT2D eigenvalue weighted by Gasteiger charge is -2.14. The third kappa shape index (κ3) is 3.05. The third-order valence-corrected chi connectivity index (χ3v) is 4.16. The number of carbonyl (C=O) groups excluding carboxylic acids is 1. The minimum absolute atomic E-state index is 0.0894. The number of aromatic nitrogens is 3. The number of anilines is 1. The van der Waals surface area contributed by atoms with Gasteiger partial charge in [-0.25, -0.2) is 0 Å². The fourth-order valence-corrected chi connectivity index (χ4v) is 3.14. The Kier molecular flexibility index (Phi) is 3.79. The molecule has 2 aromatic rings. The molecule has 106 valence electrons. The Morgan fingerprint density at radius 2 is 2.50 bits per heavy atom. The average molecular weight is 291 g/mol.